The third kappa shape index (κ3) is 1.95. The van der Waals surface area contributed by atoms with E-state index in [1.807, 2.05) is 10.9 Å². The van der Waals surface area contributed by atoms with Crippen molar-refractivity contribution in [2.45, 2.75) is 63.7 Å². The zero-order chi connectivity index (χ0) is 11.8. The second-order valence-corrected chi connectivity index (χ2v) is 5.43. The molecule has 3 heterocycles. The van der Waals surface area contributed by atoms with Crippen LogP contribution < -0.4 is 10.6 Å². The summed E-state index contributed by atoms with van der Waals surface area (Å²) in [6.45, 7) is 3.08. The van der Waals surface area contributed by atoms with E-state index in [1.165, 1.54) is 24.9 Å². The molecule has 1 aromatic heterocycles. The molecule has 2 saturated heterocycles. The number of hydrogen-bond donors (Lipinski definition) is 1. The van der Waals surface area contributed by atoms with Gasteiger partial charge in [-0.25, -0.2) is 0 Å². The minimum absolute atomic E-state index is 0.405. The summed E-state index contributed by atoms with van der Waals surface area (Å²) in [6, 6.07) is 1.70. The van der Waals surface area contributed by atoms with Crippen molar-refractivity contribution in [2.75, 3.05) is 4.90 Å². The summed E-state index contributed by atoms with van der Waals surface area (Å²) in [5.41, 5.74) is 7.45. The first-order chi connectivity index (χ1) is 8.28. The van der Waals surface area contributed by atoms with Crippen LogP contribution in [-0.4, -0.2) is 27.9 Å². The van der Waals surface area contributed by atoms with Gasteiger partial charge in [0.05, 0.1) is 11.9 Å². The standard InChI is InChI=1S/C13H22N4/c1-2-16-9-13(8-15-16)17-11-4-3-5-12(17)7-10(14)6-11/h8-12H,2-7,14H2,1H3. The van der Waals surface area contributed by atoms with Crippen LogP contribution in [0.1, 0.15) is 39.0 Å². The first kappa shape index (κ1) is 11.1. The Hall–Kier alpha value is -1.03. The van der Waals surface area contributed by atoms with Gasteiger partial charge in [-0.3, -0.25) is 4.68 Å². The Labute approximate surface area is 103 Å². The van der Waals surface area contributed by atoms with Gasteiger partial charge in [-0.15, -0.1) is 0 Å². The molecule has 4 nitrogen and oxygen atoms in total. The van der Waals surface area contributed by atoms with Gasteiger partial charge in [0, 0.05) is 30.9 Å². The number of nitrogens with zero attached hydrogens (tertiary/aromatic N) is 3. The fourth-order valence-corrected chi connectivity index (χ4v) is 3.50. The predicted octanol–water partition coefficient (Wildman–Crippen LogP) is 1.75. The molecule has 2 bridgehead atoms. The molecule has 3 rings (SSSR count). The molecule has 1 aromatic rings. The summed E-state index contributed by atoms with van der Waals surface area (Å²) in [5.74, 6) is 0. The van der Waals surface area contributed by atoms with Crippen LogP contribution in [0.25, 0.3) is 0 Å². The average Bonchev–Trinajstić information content (AvgIpc) is 2.76. The Balaban J connectivity index is 1.86. The molecule has 2 fully saturated rings. The molecule has 0 radical (unpaired) electrons. The summed E-state index contributed by atoms with van der Waals surface area (Å²) in [6.07, 6.45) is 10.4. The van der Waals surface area contributed by atoms with Crippen molar-refractivity contribution in [3.8, 4) is 0 Å². The van der Waals surface area contributed by atoms with Crippen molar-refractivity contribution < 1.29 is 0 Å². The molecule has 2 N–H and O–H groups in total. The molecule has 2 unspecified atom stereocenters. The maximum Gasteiger partial charge on any atom is 0.0757 e. The Kier molecular flexibility index (Phi) is 2.82. The fourth-order valence-electron chi connectivity index (χ4n) is 3.50. The van der Waals surface area contributed by atoms with Gasteiger partial charge in [0.2, 0.25) is 0 Å². The van der Waals surface area contributed by atoms with E-state index in [4.69, 9.17) is 5.73 Å². The van der Waals surface area contributed by atoms with Crippen LogP contribution in [0.5, 0.6) is 0 Å². The molecule has 0 aliphatic carbocycles. The van der Waals surface area contributed by atoms with Gasteiger partial charge in [-0.05, 0) is 39.0 Å². The van der Waals surface area contributed by atoms with E-state index in [2.05, 4.69) is 23.1 Å². The van der Waals surface area contributed by atoms with Crippen molar-refractivity contribution in [1.29, 1.82) is 0 Å². The van der Waals surface area contributed by atoms with Crippen molar-refractivity contribution in [2.24, 2.45) is 5.73 Å². The van der Waals surface area contributed by atoms with Crippen molar-refractivity contribution >= 4 is 5.69 Å². The summed E-state index contributed by atoms with van der Waals surface area (Å²) in [5, 5.41) is 4.40. The highest BCUT2D eigenvalue weighted by molar-refractivity contribution is 5.46. The Bertz CT molecular complexity index is 373. The van der Waals surface area contributed by atoms with Crippen LogP contribution >= 0.6 is 0 Å². The second kappa shape index (κ2) is 4.33. The van der Waals surface area contributed by atoms with E-state index in [9.17, 15) is 0 Å². The molecular formula is C13H22N4. The zero-order valence-electron chi connectivity index (χ0n) is 10.5. The monoisotopic (exact) mass is 234 g/mol. The smallest absolute Gasteiger partial charge is 0.0757 e. The zero-order valence-corrected chi connectivity index (χ0v) is 10.5. The third-order valence-corrected chi connectivity index (χ3v) is 4.25. The van der Waals surface area contributed by atoms with Gasteiger partial charge in [0.1, 0.15) is 0 Å². The Morgan fingerprint density at radius 2 is 2.06 bits per heavy atom. The summed E-state index contributed by atoms with van der Waals surface area (Å²) >= 11 is 0. The molecule has 2 aliphatic rings. The first-order valence-corrected chi connectivity index (χ1v) is 6.84. The lowest BCUT2D eigenvalue weighted by Gasteiger charge is -2.49. The highest BCUT2D eigenvalue weighted by Gasteiger charge is 2.37. The van der Waals surface area contributed by atoms with Gasteiger partial charge >= 0.3 is 0 Å². The summed E-state index contributed by atoms with van der Waals surface area (Å²) in [7, 11) is 0. The van der Waals surface area contributed by atoms with Crippen molar-refractivity contribution in [3.05, 3.63) is 12.4 Å². The van der Waals surface area contributed by atoms with Crippen LogP contribution in [0.15, 0.2) is 12.4 Å². The number of rotatable bonds is 2. The van der Waals surface area contributed by atoms with Gasteiger partial charge in [-0.2, -0.15) is 5.10 Å². The van der Waals surface area contributed by atoms with Gasteiger partial charge in [-0.1, -0.05) is 0 Å². The number of nitrogens with two attached hydrogens (primary N) is 1. The van der Waals surface area contributed by atoms with E-state index >= 15 is 0 Å². The molecule has 0 saturated carbocycles. The minimum Gasteiger partial charge on any atom is -0.363 e. The van der Waals surface area contributed by atoms with Crippen LogP contribution in [0.2, 0.25) is 0 Å². The average molecular weight is 234 g/mol. The Morgan fingerprint density at radius 1 is 1.35 bits per heavy atom. The van der Waals surface area contributed by atoms with Gasteiger partial charge in [0.25, 0.3) is 0 Å². The van der Waals surface area contributed by atoms with Crippen LogP contribution in [0, 0.1) is 0 Å². The van der Waals surface area contributed by atoms with E-state index in [0.717, 1.165) is 19.4 Å². The van der Waals surface area contributed by atoms with Gasteiger partial charge in [0.15, 0.2) is 0 Å². The number of fused-ring (bicyclic) bond motifs is 2. The molecule has 0 spiro atoms. The number of piperidine rings is 2. The second-order valence-electron chi connectivity index (χ2n) is 5.43. The van der Waals surface area contributed by atoms with Crippen LogP contribution in [-0.2, 0) is 6.54 Å². The number of anilines is 1. The number of hydrogen-bond acceptors (Lipinski definition) is 3. The quantitative estimate of drug-likeness (QED) is 0.848. The van der Waals surface area contributed by atoms with Crippen LogP contribution in [0.3, 0.4) is 0 Å². The van der Waals surface area contributed by atoms with Crippen LogP contribution in [0.4, 0.5) is 5.69 Å². The fraction of sp³-hybridized carbons (Fsp3) is 0.769. The van der Waals surface area contributed by atoms with Gasteiger partial charge < -0.3 is 10.6 Å². The minimum atomic E-state index is 0.405. The van der Waals surface area contributed by atoms with E-state index in [0.29, 0.717) is 18.1 Å². The van der Waals surface area contributed by atoms with E-state index < -0.39 is 0 Å². The molecule has 0 aromatic carbocycles. The maximum atomic E-state index is 6.15. The molecule has 0 amide bonds. The number of aryl methyl sites for hydroxylation is 1. The Morgan fingerprint density at radius 3 is 2.65 bits per heavy atom. The normalized spacial score (nSPS) is 32.8. The first-order valence-electron chi connectivity index (χ1n) is 6.84. The maximum absolute atomic E-state index is 6.15. The molecule has 2 atom stereocenters. The lowest BCUT2D eigenvalue weighted by atomic mass is 9.82. The molecule has 17 heavy (non-hydrogen) atoms. The number of aromatic nitrogens is 2. The van der Waals surface area contributed by atoms with Crippen molar-refractivity contribution in [1.82, 2.24) is 9.78 Å². The largest absolute Gasteiger partial charge is 0.363 e. The van der Waals surface area contributed by atoms with E-state index in [-0.39, 0.29) is 0 Å². The topological polar surface area (TPSA) is 47.1 Å². The molecule has 94 valence electrons. The predicted molar refractivity (Wildman–Crippen MR) is 69.0 cm³/mol. The molecular weight excluding hydrogens is 212 g/mol. The summed E-state index contributed by atoms with van der Waals surface area (Å²) < 4.78 is 2.01. The SMILES string of the molecule is CCn1cc(N2C3CCCC2CC(N)C3)cn1. The highest BCUT2D eigenvalue weighted by Crippen LogP contribution is 2.36. The molecule has 2 aliphatic heterocycles. The van der Waals surface area contributed by atoms with E-state index in [1.54, 1.807) is 0 Å². The third-order valence-electron chi connectivity index (χ3n) is 4.25. The lowest BCUT2D eigenvalue weighted by Crippen LogP contribution is -2.55. The van der Waals surface area contributed by atoms with Crippen molar-refractivity contribution in [3.63, 3.8) is 0 Å². The molecule has 4 heteroatoms. The lowest BCUT2D eigenvalue weighted by molar-refractivity contribution is 0.271. The summed E-state index contributed by atoms with van der Waals surface area (Å²) in [4.78, 5) is 2.59. The highest BCUT2D eigenvalue weighted by atomic mass is 15.3.